The van der Waals surface area contributed by atoms with Crippen molar-refractivity contribution in [3.8, 4) is 0 Å². The van der Waals surface area contributed by atoms with E-state index in [4.69, 9.17) is 9.47 Å². The van der Waals surface area contributed by atoms with E-state index in [0.717, 1.165) is 25.0 Å². The zero-order valence-corrected chi connectivity index (χ0v) is 16.8. The van der Waals surface area contributed by atoms with Crippen molar-refractivity contribution in [2.24, 2.45) is 17.3 Å². The van der Waals surface area contributed by atoms with Gasteiger partial charge in [0.2, 0.25) is 0 Å². The van der Waals surface area contributed by atoms with Crippen molar-refractivity contribution in [2.45, 2.75) is 95.7 Å². The zero-order valence-electron chi connectivity index (χ0n) is 16.8. The molecule has 3 rings (SSSR count). The predicted molar refractivity (Wildman–Crippen MR) is 109 cm³/mol. The van der Waals surface area contributed by atoms with Gasteiger partial charge in [-0.2, -0.15) is 0 Å². The topological polar surface area (TPSA) is 18.5 Å². The average molecular weight is 361 g/mol. The van der Waals surface area contributed by atoms with Gasteiger partial charge in [-0.15, -0.1) is 13.2 Å². The second-order valence-electron chi connectivity index (χ2n) is 8.99. The lowest BCUT2D eigenvalue weighted by atomic mass is 9.53. The highest BCUT2D eigenvalue weighted by atomic mass is 16.5. The van der Waals surface area contributed by atoms with E-state index in [9.17, 15) is 0 Å². The molecule has 0 aromatic heterocycles. The summed E-state index contributed by atoms with van der Waals surface area (Å²) in [5.41, 5.74) is 0.630. The first-order chi connectivity index (χ1) is 12.8. The summed E-state index contributed by atoms with van der Waals surface area (Å²) in [6.45, 7) is 9.01. The van der Waals surface area contributed by atoms with Gasteiger partial charge in [-0.1, -0.05) is 31.4 Å². The van der Waals surface area contributed by atoms with Crippen molar-refractivity contribution >= 4 is 0 Å². The van der Waals surface area contributed by atoms with Gasteiger partial charge in [0, 0.05) is 0 Å². The van der Waals surface area contributed by atoms with Gasteiger partial charge in [-0.25, -0.2) is 0 Å². The SMILES string of the molecule is C=CCOC1CCC(C2(C3CCC(OCC=C)CC3)CCCCC2)CC1. The molecule has 3 fully saturated rings. The van der Waals surface area contributed by atoms with Gasteiger partial charge < -0.3 is 9.47 Å². The molecule has 0 radical (unpaired) electrons. The van der Waals surface area contributed by atoms with Crippen LogP contribution in [-0.2, 0) is 9.47 Å². The molecule has 0 aromatic rings. The van der Waals surface area contributed by atoms with Crippen LogP contribution in [0.3, 0.4) is 0 Å². The summed E-state index contributed by atoms with van der Waals surface area (Å²) in [4.78, 5) is 0. The molecular weight excluding hydrogens is 320 g/mol. The molecule has 26 heavy (non-hydrogen) atoms. The lowest BCUT2D eigenvalue weighted by Crippen LogP contribution is -2.44. The minimum absolute atomic E-state index is 0.480. The molecule has 2 nitrogen and oxygen atoms in total. The molecule has 0 saturated heterocycles. The standard InChI is InChI=1S/C24H40O2/c1-3-18-25-22-12-8-20(9-13-22)24(16-6-5-7-17-24)21-10-14-23(15-11-21)26-19-4-2/h3-4,20-23H,1-2,5-19H2. The van der Waals surface area contributed by atoms with Crippen LogP contribution in [0.2, 0.25) is 0 Å². The maximum absolute atomic E-state index is 5.96. The summed E-state index contributed by atoms with van der Waals surface area (Å²) in [6, 6.07) is 0. The lowest BCUT2D eigenvalue weighted by molar-refractivity contribution is -0.0600. The third kappa shape index (κ3) is 4.81. The number of rotatable bonds is 8. The van der Waals surface area contributed by atoms with E-state index in [1.54, 1.807) is 0 Å². The van der Waals surface area contributed by atoms with Crippen LogP contribution >= 0.6 is 0 Å². The minimum atomic E-state index is 0.480. The quantitative estimate of drug-likeness (QED) is 0.462. The molecule has 0 heterocycles. The molecule has 0 aromatic carbocycles. The molecule has 0 aliphatic heterocycles. The summed E-state index contributed by atoms with van der Waals surface area (Å²) >= 11 is 0. The molecule has 0 N–H and O–H groups in total. The Kier molecular flexibility index (Phi) is 7.81. The summed E-state index contributed by atoms with van der Waals surface area (Å²) in [7, 11) is 0. The van der Waals surface area contributed by atoms with E-state index in [1.807, 2.05) is 12.2 Å². The first-order valence-electron chi connectivity index (χ1n) is 11.2. The van der Waals surface area contributed by atoms with Crippen molar-refractivity contribution in [1.29, 1.82) is 0 Å². The highest BCUT2D eigenvalue weighted by Gasteiger charge is 2.47. The Morgan fingerprint density at radius 1 is 0.654 bits per heavy atom. The molecule has 0 atom stereocenters. The number of ether oxygens (including phenoxy) is 2. The average Bonchev–Trinajstić information content (AvgIpc) is 2.72. The maximum Gasteiger partial charge on any atom is 0.0648 e. The summed E-state index contributed by atoms with van der Waals surface area (Å²) in [5, 5.41) is 0. The van der Waals surface area contributed by atoms with Gasteiger partial charge >= 0.3 is 0 Å². The molecule has 0 unspecified atom stereocenters. The van der Waals surface area contributed by atoms with Gasteiger partial charge in [-0.3, -0.25) is 0 Å². The van der Waals surface area contributed by atoms with Crippen molar-refractivity contribution in [3.05, 3.63) is 25.3 Å². The van der Waals surface area contributed by atoms with E-state index in [-0.39, 0.29) is 0 Å². The van der Waals surface area contributed by atoms with Gasteiger partial charge in [0.25, 0.3) is 0 Å². The molecule has 3 aliphatic carbocycles. The van der Waals surface area contributed by atoms with E-state index < -0.39 is 0 Å². The van der Waals surface area contributed by atoms with Crippen molar-refractivity contribution in [1.82, 2.24) is 0 Å². The van der Waals surface area contributed by atoms with Crippen LogP contribution < -0.4 is 0 Å². The van der Waals surface area contributed by atoms with E-state index >= 15 is 0 Å². The van der Waals surface area contributed by atoms with Crippen LogP contribution in [0, 0.1) is 17.3 Å². The molecule has 148 valence electrons. The Labute approximate surface area is 161 Å². The van der Waals surface area contributed by atoms with Crippen LogP contribution in [0.4, 0.5) is 0 Å². The fourth-order valence-electron chi connectivity index (χ4n) is 6.38. The predicted octanol–water partition coefficient (Wildman–Crippen LogP) is 6.46. The summed E-state index contributed by atoms with van der Waals surface area (Å²) < 4.78 is 11.9. The van der Waals surface area contributed by atoms with Crippen molar-refractivity contribution < 1.29 is 9.47 Å². The second kappa shape index (κ2) is 10.1. The molecule has 0 spiro atoms. The smallest absolute Gasteiger partial charge is 0.0648 e. The highest BCUT2D eigenvalue weighted by Crippen LogP contribution is 2.56. The Balaban J connectivity index is 1.59. The van der Waals surface area contributed by atoms with Gasteiger partial charge in [0.15, 0.2) is 0 Å². The minimum Gasteiger partial charge on any atom is -0.374 e. The molecule has 2 heteroatoms. The third-order valence-corrected chi connectivity index (χ3v) is 7.66. The Morgan fingerprint density at radius 2 is 1.08 bits per heavy atom. The maximum atomic E-state index is 5.96. The second-order valence-corrected chi connectivity index (χ2v) is 8.99. The van der Waals surface area contributed by atoms with Gasteiger partial charge in [-0.05, 0) is 81.5 Å². The fraction of sp³-hybridized carbons (Fsp3) is 0.833. The number of hydrogen-bond acceptors (Lipinski definition) is 2. The van der Waals surface area contributed by atoms with E-state index in [1.165, 1.54) is 83.5 Å². The fourth-order valence-corrected chi connectivity index (χ4v) is 6.38. The monoisotopic (exact) mass is 360 g/mol. The summed E-state index contributed by atoms with van der Waals surface area (Å²) in [5.74, 6) is 1.86. The number of hydrogen-bond donors (Lipinski definition) is 0. The largest absolute Gasteiger partial charge is 0.374 e. The summed E-state index contributed by atoms with van der Waals surface area (Å²) in [6.07, 6.45) is 22.7. The van der Waals surface area contributed by atoms with Gasteiger partial charge in [0.1, 0.15) is 0 Å². The van der Waals surface area contributed by atoms with Crippen LogP contribution in [0.1, 0.15) is 83.5 Å². The Bertz CT molecular complexity index is 387. The van der Waals surface area contributed by atoms with Crippen LogP contribution in [0.25, 0.3) is 0 Å². The first-order valence-corrected chi connectivity index (χ1v) is 11.2. The molecule has 0 amide bonds. The highest BCUT2D eigenvalue weighted by molar-refractivity contribution is 4.97. The molecule has 3 aliphatic rings. The molecule has 3 saturated carbocycles. The van der Waals surface area contributed by atoms with E-state index in [2.05, 4.69) is 13.2 Å². The molecular formula is C24H40O2. The lowest BCUT2D eigenvalue weighted by Gasteiger charge is -2.53. The first kappa shape index (κ1) is 20.1. The van der Waals surface area contributed by atoms with Crippen LogP contribution in [0.15, 0.2) is 25.3 Å². The Morgan fingerprint density at radius 3 is 1.46 bits per heavy atom. The van der Waals surface area contributed by atoms with Crippen LogP contribution in [0.5, 0.6) is 0 Å². The zero-order chi connectivity index (χ0) is 18.2. The third-order valence-electron chi connectivity index (χ3n) is 7.66. The van der Waals surface area contributed by atoms with Crippen molar-refractivity contribution in [2.75, 3.05) is 13.2 Å². The van der Waals surface area contributed by atoms with Gasteiger partial charge in [0.05, 0.1) is 25.4 Å². The van der Waals surface area contributed by atoms with Crippen LogP contribution in [-0.4, -0.2) is 25.4 Å². The molecule has 0 bridgehead atoms. The Hall–Kier alpha value is -0.600. The van der Waals surface area contributed by atoms with E-state index in [0.29, 0.717) is 17.6 Å². The van der Waals surface area contributed by atoms with Crippen molar-refractivity contribution in [3.63, 3.8) is 0 Å². The normalized spacial score (nSPS) is 34.9.